The van der Waals surface area contributed by atoms with Crippen LogP contribution in [0.4, 0.5) is 4.39 Å². The highest BCUT2D eigenvalue weighted by molar-refractivity contribution is 6.30. The van der Waals surface area contributed by atoms with E-state index >= 15 is 0 Å². The second-order valence-corrected chi connectivity index (χ2v) is 4.74. The molecule has 1 aromatic heterocycles. The number of nitrogens with zero attached hydrogens (tertiary/aromatic N) is 1. The van der Waals surface area contributed by atoms with Gasteiger partial charge in [-0.25, -0.2) is 4.39 Å². The van der Waals surface area contributed by atoms with E-state index in [2.05, 4.69) is 4.98 Å². The fraction of sp³-hybridized carbons (Fsp3) is 0.214. The molecule has 5 heteroatoms. The van der Waals surface area contributed by atoms with Crippen molar-refractivity contribution >= 4 is 23.2 Å². The molecule has 2 rings (SSSR count). The summed E-state index contributed by atoms with van der Waals surface area (Å²) in [5, 5.41) is 0.0840. The molecule has 0 aliphatic rings. The average molecular weight is 300 g/mol. The van der Waals surface area contributed by atoms with E-state index in [1.807, 2.05) is 19.1 Å². The third-order valence-electron chi connectivity index (χ3n) is 2.58. The van der Waals surface area contributed by atoms with E-state index in [-0.39, 0.29) is 17.5 Å². The number of aromatic nitrogens is 1. The molecule has 0 amide bonds. The van der Waals surface area contributed by atoms with Gasteiger partial charge < -0.3 is 4.74 Å². The minimum Gasteiger partial charge on any atom is -0.487 e. The molecule has 0 aliphatic heterocycles. The van der Waals surface area contributed by atoms with Crippen molar-refractivity contribution in [2.24, 2.45) is 0 Å². The van der Waals surface area contributed by atoms with Gasteiger partial charge in [0.2, 0.25) is 0 Å². The molecule has 100 valence electrons. The van der Waals surface area contributed by atoms with Gasteiger partial charge in [-0.2, -0.15) is 0 Å². The first-order chi connectivity index (χ1) is 9.10. The molecule has 0 saturated heterocycles. The first kappa shape index (κ1) is 14.1. The lowest BCUT2D eigenvalue weighted by Gasteiger charge is -2.10. The lowest BCUT2D eigenvalue weighted by molar-refractivity contribution is 0.302. The zero-order valence-corrected chi connectivity index (χ0v) is 11.8. The standard InChI is InChI=1S/C14H12Cl2FNO/c1-9-2-5-14(13(7-15)18-9)19-8-10-3-4-12(17)11(16)6-10/h2-6H,7-8H2,1H3. The summed E-state index contributed by atoms with van der Waals surface area (Å²) in [6, 6.07) is 8.16. The summed E-state index contributed by atoms with van der Waals surface area (Å²) in [6.07, 6.45) is 0. The Morgan fingerprint density at radius 1 is 1.26 bits per heavy atom. The third kappa shape index (κ3) is 3.58. The Kier molecular flexibility index (Phi) is 4.61. The molecule has 19 heavy (non-hydrogen) atoms. The van der Waals surface area contributed by atoms with Crippen LogP contribution in [0.25, 0.3) is 0 Å². The van der Waals surface area contributed by atoms with Crippen LogP contribution in [0.15, 0.2) is 30.3 Å². The molecule has 0 bridgehead atoms. The first-order valence-corrected chi connectivity index (χ1v) is 6.60. The van der Waals surface area contributed by atoms with E-state index in [0.717, 1.165) is 11.3 Å². The Bertz CT molecular complexity index is 590. The number of benzene rings is 1. The number of halogens is 3. The Morgan fingerprint density at radius 2 is 2.05 bits per heavy atom. The number of rotatable bonds is 4. The van der Waals surface area contributed by atoms with E-state index < -0.39 is 5.82 Å². The number of hydrogen-bond donors (Lipinski definition) is 0. The summed E-state index contributed by atoms with van der Waals surface area (Å²) < 4.78 is 18.7. The molecule has 0 unspecified atom stereocenters. The van der Waals surface area contributed by atoms with Crippen molar-refractivity contribution in [1.82, 2.24) is 4.98 Å². The number of ether oxygens (including phenoxy) is 1. The van der Waals surface area contributed by atoms with Crippen LogP contribution in [-0.2, 0) is 12.5 Å². The molecule has 2 aromatic rings. The van der Waals surface area contributed by atoms with Crippen molar-refractivity contribution in [3.05, 3.63) is 58.1 Å². The fourth-order valence-corrected chi connectivity index (χ4v) is 2.01. The molecule has 2 nitrogen and oxygen atoms in total. The van der Waals surface area contributed by atoms with E-state index in [4.69, 9.17) is 27.9 Å². The summed E-state index contributed by atoms with van der Waals surface area (Å²) in [5.41, 5.74) is 2.36. The molecule has 0 spiro atoms. The average Bonchev–Trinajstić information content (AvgIpc) is 2.41. The molecule has 0 radical (unpaired) electrons. The molecule has 0 fully saturated rings. The smallest absolute Gasteiger partial charge is 0.142 e. The maximum atomic E-state index is 13.0. The van der Waals surface area contributed by atoms with Crippen LogP contribution in [0, 0.1) is 12.7 Å². The molecule has 1 heterocycles. The number of aryl methyl sites for hydroxylation is 1. The highest BCUT2D eigenvalue weighted by Crippen LogP contribution is 2.21. The Morgan fingerprint density at radius 3 is 2.74 bits per heavy atom. The predicted molar refractivity (Wildman–Crippen MR) is 74.3 cm³/mol. The van der Waals surface area contributed by atoms with Crippen LogP contribution in [0.2, 0.25) is 5.02 Å². The van der Waals surface area contributed by atoms with Gasteiger partial charge in [-0.1, -0.05) is 17.7 Å². The van der Waals surface area contributed by atoms with Gasteiger partial charge in [-0.05, 0) is 36.8 Å². The van der Waals surface area contributed by atoms with Gasteiger partial charge in [0.15, 0.2) is 0 Å². The first-order valence-electron chi connectivity index (χ1n) is 5.69. The van der Waals surface area contributed by atoms with Crippen molar-refractivity contribution in [2.45, 2.75) is 19.4 Å². The topological polar surface area (TPSA) is 22.1 Å². The van der Waals surface area contributed by atoms with E-state index in [9.17, 15) is 4.39 Å². The Balaban J connectivity index is 2.12. The lowest BCUT2D eigenvalue weighted by Crippen LogP contribution is -2.00. The van der Waals surface area contributed by atoms with E-state index in [0.29, 0.717) is 11.4 Å². The Labute approximate surface area is 121 Å². The van der Waals surface area contributed by atoms with E-state index in [1.54, 1.807) is 12.1 Å². The van der Waals surface area contributed by atoms with E-state index in [1.165, 1.54) is 6.07 Å². The maximum absolute atomic E-state index is 13.0. The van der Waals surface area contributed by atoms with Crippen molar-refractivity contribution in [3.8, 4) is 5.75 Å². The van der Waals surface area contributed by atoms with Gasteiger partial charge in [0.05, 0.1) is 16.6 Å². The summed E-state index contributed by atoms with van der Waals surface area (Å²) in [6.45, 7) is 2.17. The normalized spacial score (nSPS) is 10.5. The minimum absolute atomic E-state index is 0.0840. The lowest BCUT2D eigenvalue weighted by atomic mass is 10.2. The number of hydrogen-bond acceptors (Lipinski definition) is 2. The minimum atomic E-state index is -0.441. The third-order valence-corrected chi connectivity index (χ3v) is 3.12. The highest BCUT2D eigenvalue weighted by atomic mass is 35.5. The molecule has 1 aromatic carbocycles. The fourth-order valence-electron chi connectivity index (χ4n) is 1.62. The van der Waals surface area contributed by atoms with Crippen molar-refractivity contribution in [2.75, 3.05) is 0 Å². The van der Waals surface area contributed by atoms with Crippen LogP contribution >= 0.6 is 23.2 Å². The van der Waals surface area contributed by atoms with Crippen molar-refractivity contribution < 1.29 is 9.13 Å². The molecular formula is C14H12Cl2FNO. The second-order valence-electron chi connectivity index (χ2n) is 4.07. The molecular weight excluding hydrogens is 288 g/mol. The van der Waals surface area contributed by atoms with Crippen LogP contribution in [0.3, 0.4) is 0 Å². The van der Waals surface area contributed by atoms with Crippen LogP contribution in [0.5, 0.6) is 5.75 Å². The van der Waals surface area contributed by atoms with Gasteiger partial charge in [0.25, 0.3) is 0 Å². The molecule has 0 saturated carbocycles. The van der Waals surface area contributed by atoms with Crippen molar-refractivity contribution in [3.63, 3.8) is 0 Å². The van der Waals surface area contributed by atoms with Gasteiger partial charge in [-0.3, -0.25) is 4.98 Å². The quantitative estimate of drug-likeness (QED) is 0.776. The summed E-state index contributed by atoms with van der Waals surface area (Å²) >= 11 is 11.5. The summed E-state index contributed by atoms with van der Waals surface area (Å²) in [7, 11) is 0. The molecule has 0 atom stereocenters. The number of alkyl halides is 1. The zero-order valence-electron chi connectivity index (χ0n) is 10.3. The summed E-state index contributed by atoms with van der Waals surface area (Å²) in [4.78, 5) is 4.29. The highest BCUT2D eigenvalue weighted by Gasteiger charge is 2.06. The zero-order chi connectivity index (χ0) is 13.8. The van der Waals surface area contributed by atoms with Crippen LogP contribution < -0.4 is 4.74 Å². The van der Waals surface area contributed by atoms with Gasteiger partial charge >= 0.3 is 0 Å². The molecule has 0 aliphatic carbocycles. The van der Waals surface area contributed by atoms with Gasteiger partial charge in [-0.15, -0.1) is 11.6 Å². The largest absolute Gasteiger partial charge is 0.487 e. The second kappa shape index (κ2) is 6.22. The summed E-state index contributed by atoms with van der Waals surface area (Å²) in [5.74, 6) is 0.464. The van der Waals surface area contributed by atoms with Crippen molar-refractivity contribution in [1.29, 1.82) is 0 Å². The van der Waals surface area contributed by atoms with Gasteiger partial charge in [0.1, 0.15) is 18.2 Å². The monoisotopic (exact) mass is 299 g/mol. The molecule has 0 N–H and O–H groups in total. The SMILES string of the molecule is Cc1ccc(OCc2ccc(F)c(Cl)c2)c(CCl)n1. The van der Waals surface area contributed by atoms with Crippen LogP contribution in [-0.4, -0.2) is 4.98 Å². The van der Waals surface area contributed by atoms with Gasteiger partial charge in [0, 0.05) is 5.69 Å². The Hall–Kier alpha value is -1.32. The number of pyridine rings is 1. The van der Waals surface area contributed by atoms with Crippen LogP contribution in [0.1, 0.15) is 17.0 Å². The maximum Gasteiger partial charge on any atom is 0.142 e. The predicted octanol–water partition coefficient (Wildman–Crippen LogP) is 4.50.